The number of aryl methyl sites for hydroxylation is 1. The highest BCUT2D eigenvalue weighted by Gasteiger charge is 1.95. The lowest BCUT2D eigenvalue weighted by Crippen LogP contribution is -1.79. The first-order valence-electron chi connectivity index (χ1n) is 4.55. The third kappa shape index (κ3) is 3.30. The van der Waals surface area contributed by atoms with Crippen LogP contribution in [0.5, 0.6) is 0 Å². The highest BCUT2D eigenvalue weighted by Crippen LogP contribution is 2.27. The van der Waals surface area contributed by atoms with E-state index < -0.39 is 0 Å². The second-order valence-corrected chi connectivity index (χ2v) is 4.11. The van der Waals surface area contributed by atoms with Crippen molar-refractivity contribution < 1.29 is 0 Å². The van der Waals surface area contributed by atoms with Crippen molar-refractivity contribution >= 4 is 11.8 Å². The Labute approximate surface area is 89.7 Å². The second-order valence-electron chi connectivity index (χ2n) is 2.97. The molecule has 2 N–H and O–H groups in total. The van der Waals surface area contributed by atoms with Crippen molar-refractivity contribution in [3.8, 4) is 0 Å². The van der Waals surface area contributed by atoms with Crippen molar-refractivity contribution in [3.63, 3.8) is 0 Å². The molecule has 0 aliphatic carbocycles. The molecule has 0 aliphatic heterocycles. The van der Waals surface area contributed by atoms with Gasteiger partial charge in [0.15, 0.2) is 0 Å². The molecule has 1 aromatic carbocycles. The van der Waals surface area contributed by atoms with Gasteiger partial charge in [0.1, 0.15) is 0 Å². The van der Waals surface area contributed by atoms with E-state index in [2.05, 4.69) is 31.2 Å². The highest BCUT2D eigenvalue weighted by molar-refractivity contribution is 8.03. The number of hydrogen-bond acceptors (Lipinski definition) is 2. The van der Waals surface area contributed by atoms with Crippen molar-refractivity contribution in [2.45, 2.75) is 18.7 Å². The molecular formula is C12H15NS. The molecule has 0 unspecified atom stereocenters. The van der Waals surface area contributed by atoms with Gasteiger partial charge in [-0.15, -0.1) is 0 Å². The molecule has 14 heavy (non-hydrogen) atoms. The maximum atomic E-state index is 5.35. The topological polar surface area (TPSA) is 26.0 Å². The Morgan fingerprint density at radius 3 is 2.43 bits per heavy atom. The molecule has 1 nitrogen and oxygen atoms in total. The number of benzene rings is 1. The molecule has 0 aliphatic rings. The monoisotopic (exact) mass is 205 g/mol. The smallest absolute Gasteiger partial charge is 0.0122 e. The van der Waals surface area contributed by atoms with Gasteiger partial charge >= 0.3 is 0 Å². The third-order valence-corrected chi connectivity index (χ3v) is 2.92. The van der Waals surface area contributed by atoms with E-state index in [9.17, 15) is 0 Å². The van der Waals surface area contributed by atoms with Crippen LogP contribution in [0.1, 0.15) is 12.5 Å². The summed E-state index contributed by atoms with van der Waals surface area (Å²) < 4.78 is 0. The average Bonchev–Trinajstić information content (AvgIpc) is 2.20. The Morgan fingerprint density at radius 2 is 1.93 bits per heavy atom. The van der Waals surface area contributed by atoms with E-state index in [1.165, 1.54) is 10.5 Å². The molecule has 0 heterocycles. The highest BCUT2D eigenvalue weighted by atomic mass is 32.2. The lowest BCUT2D eigenvalue weighted by Gasteiger charge is -2.01. The Morgan fingerprint density at radius 1 is 1.29 bits per heavy atom. The van der Waals surface area contributed by atoms with E-state index in [0.29, 0.717) is 0 Å². The van der Waals surface area contributed by atoms with Crippen LogP contribution in [0, 0.1) is 6.92 Å². The van der Waals surface area contributed by atoms with Crippen LogP contribution in [0.15, 0.2) is 52.4 Å². The molecule has 0 bridgehead atoms. The second kappa shape index (κ2) is 5.55. The lowest BCUT2D eigenvalue weighted by molar-refractivity contribution is 1.38. The maximum Gasteiger partial charge on any atom is 0.0122 e. The zero-order valence-electron chi connectivity index (χ0n) is 8.53. The van der Waals surface area contributed by atoms with Crippen molar-refractivity contribution in [3.05, 3.63) is 53.1 Å². The van der Waals surface area contributed by atoms with Gasteiger partial charge in [-0.3, -0.25) is 0 Å². The van der Waals surface area contributed by atoms with Crippen LogP contribution in [0.4, 0.5) is 0 Å². The fourth-order valence-electron chi connectivity index (χ4n) is 1.03. The summed E-state index contributed by atoms with van der Waals surface area (Å²) in [5.74, 6) is 0. The number of nitrogens with two attached hydrogens (primary N) is 1. The van der Waals surface area contributed by atoms with Crippen molar-refractivity contribution in [1.29, 1.82) is 0 Å². The van der Waals surface area contributed by atoms with Crippen LogP contribution >= 0.6 is 11.8 Å². The van der Waals surface area contributed by atoms with Crippen LogP contribution in [-0.2, 0) is 0 Å². The van der Waals surface area contributed by atoms with E-state index in [-0.39, 0.29) is 0 Å². The Hall–Kier alpha value is -1.15. The van der Waals surface area contributed by atoms with Gasteiger partial charge in [-0.2, -0.15) is 0 Å². The van der Waals surface area contributed by atoms with E-state index in [1.54, 1.807) is 18.0 Å². The van der Waals surface area contributed by atoms with Crippen molar-refractivity contribution in [1.82, 2.24) is 0 Å². The minimum Gasteiger partial charge on any atom is -0.405 e. The number of hydrogen-bond donors (Lipinski definition) is 1. The Balaban J connectivity index is 2.73. The molecule has 0 radical (unpaired) electrons. The van der Waals surface area contributed by atoms with Gasteiger partial charge < -0.3 is 5.73 Å². The summed E-state index contributed by atoms with van der Waals surface area (Å²) in [5.41, 5.74) is 6.63. The Bertz CT molecular complexity index is 336. The SMILES string of the molecule is C/C=C(\C=C/N)Sc1ccc(C)cc1. The summed E-state index contributed by atoms with van der Waals surface area (Å²) in [5, 5.41) is 0. The van der Waals surface area contributed by atoms with Crippen molar-refractivity contribution in [2.24, 2.45) is 5.73 Å². The predicted molar refractivity (Wildman–Crippen MR) is 64.1 cm³/mol. The molecule has 1 aromatic rings. The minimum absolute atomic E-state index is 1.16. The first-order chi connectivity index (χ1) is 6.76. The minimum atomic E-state index is 1.16. The van der Waals surface area contributed by atoms with E-state index >= 15 is 0 Å². The molecule has 1 rings (SSSR count). The van der Waals surface area contributed by atoms with Crippen LogP contribution in [0.2, 0.25) is 0 Å². The van der Waals surface area contributed by atoms with Gasteiger partial charge in [0.2, 0.25) is 0 Å². The van der Waals surface area contributed by atoms with Crippen LogP contribution in [-0.4, -0.2) is 0 Å². The van der Waals surface area contributed by atoms with Crippen LogP contribution in [0.3, 0.4) is 0 Å². The molecule has 0 fully saturated rings. The summed E-state index contributed by atoms with van der Waals surface area (Å²) >= 11 is 1.72. The predicted octanol–water partition coefficient (Wildman–Crippen LogP) is 3.46. The van der Waals surface area contributed by atoms with Gasteiger partial charge in [-0.05, 0) is 38.3 Å². The fourth-order valence-corrected chi connectivity index (χ4v) is 1.84. The van der Waals surface area contributed by atoms with Crippen LogP contribution < -0.4 is 5.73 Å². The summed E-state index contributed by atoms with van der Waals surface area (Å²) in [4.78, 5) is 2.40. The summed E-state index contributed by atoms with van der Waals surface area (Å²) in [6.45, 7) is 4.10. The number of allylic oxidation sites excluding steroid dienone is 2. The summed E-state index contributed by atoms with van der Waals surface area (Å²) in [6.07, 6.45) is 5.52. The zero-order chi connectivity index (χ0) is 10.4. The molecule has 2 heteroatoms. The molecular weight excluding hydrogens is 190 g/mol. The van der Waals surface area contributed by atoms with Gasteiger partial charge in [-0.1, -0.05) is 35.5 Å². The first-order valence-corrected chi connectivity index (χ1v) is 5.37. The molecule has 0 amide bonds. The maximum absolute atomic E-state index is 5.35. The standard InChI is InChI=1S/C12H15NS/c1-3-11(8-9-13)14-12-6-4-10(2)5-7-12/h3-9H,13H2,1-2H3/b9-8-,11-3+. The van der Waals surface area contributed by atoms with Crippen LogP contribution in [0.25, 0.3) is 0 Å². The first kappa shape index (κ1) is 10.9. The summed E-state index contributed by atoms with van der Waals surface area (Å²) in [6, 6.07) is 8.46. The molecule has 0 saturated carbocycles. The van der Waals surface area contributed by atoms with E-state index in [4.69, 9.17) is 5.73 Å². The fraction of sp³-hybridized carbons (Fsp3) is 0.167. The largest absolute Gasteiger partial charge is 0.405 e. The average molecular weight is 205 g/mol. The van der Waals surface area contributed by atoms with E-state index in [1.807, 2.05) is 19.1 Å². The van der Waals surface area contributed by atoms with Gasteiger partial charge in [0.05, 0.1) is 0 Å². The normalized spacial score (nSPS) is 12.3. The molecule has 74 valence electrons. The third-order valence-electron chi connectivity index (χ3n) is 1.80. The quantitative estimate of drug-likeness (QED) is 0.604. The zero-order valence-corrected chi connectivity index (χ0v) is 9.34. The molecule has 0 saturated heterocycles. The molecule has 0 atom stereocenters. The summed E-state index contributed by atoms with van der Waals surface area (Å²) in [7, 11) is 0. The lowest BCUT2D eigenvalue weighted by atomic mass is 10.2. The van der Waals surface area contributed by atoms with Gasteiger partial charge in [0.25, 0.3) is 0 Å². The van der Waals surface area contributed by atoms with Gasteiger partial charge in [0, 0.05) is 9.80 Å². The molecule has 0 aromatic heterocycles. The van der Waals surface area contributed by atoms with Gasteiger partial charge in [-0.25, -0.2) is 0 Å². The van der Waals surface area contributed by atoms with Crippen molar-refractivity contribution in [2.75, 3.05) is 0 Å². The number of rotatable bonds is 3. The van der Waals surface area contributed by atoms with E-state index in [0.717, 1.165) is 4.91 Å². The molecule has 0 spiro atoms. The number of thioether (sulfide) groups is 1. The Kier molecular flexibility index (Phi) is 4.33.